The average Bonchev–Trinajstić information content (AvgIpc) is 3.36. The number of aromatic nitrogens is 2. The average molecular weight is 506 g/mol. The first kappa shape index (κ1) is 25.0. The molecule has 0 bridgehead atoms. The molecule has 0 atom stereocenters. The van der Waals surface area contributed by atoms with E-state index in [-0.39, 0.29) is 11.8 Å². The minimum absolute atomic E-state index is 0.0863. The van der Waals surface area contributed by atoms with Gasteiger partial charge in [0.05, 0.1) is 10.6 Å². The molecule has 1 N–H and O–H groups in total. The Hall–Kier alpha value is -3.14. The second-order valence-electron chi connectivity index (χ2n) is 8.51. The van der Waals surface area contributed by atoms with E-state index in [9.17, 15) is 27.2 Å². The molecule has 0 saturated heterocycles. The number of hydrogen-bond acceptors (Lipinski definition) is 5. The van der Waals surface area contributed by atoms with Crippen LogP contribution >= 0.6 is 11.3 Å². The van der Waals surface area contributed by atoms with Crippen molar-refractivity contribution in [3.8, 4) is 0 Å². The lowest BCUT2D eigenvalue weighted by Crippen LogP contribution is -2.26. The molecule has 0 aliphatic heterocycles. The van der Waals surface area contributed by atoms with Gasteiger partial charge in [0, 0.05) is 42.2 Å². The van der Waals surface area contributed by atoms with Crippen molar-refractivity contribution in [2.75, 3.05) is 6.54 Å². The molecule has 2 aromatic heterocycles. The number of halogens is 4. The lowest BCUT2D eigenvalue weighted by molar-refractivity contribution is -0.138. The van der Waals surface area contributed by atoms with E-state index in [2.05, 4.69) is 15.3 Å². The number of benzene rings is 1. The molecule has 1 amide bonds. The number of carbonyl (C=O) groups excluding carboxylic acids is 2. The highest BCUT2D eigenvalue weighted by Gasteiger charge is 2.37. The Kier molecular flexibility index (Phi) is 7.59. The molecule has 5 nitrogen and oxygen atoms in total. The Balaban J connectivity index is 1.33. The standard InChI is InChI=1S/C25H23F4N3O2S/c26-18-6-7-20(25(27,28)29)19(13-18)23(33)16-3-1-15(2-4-16)17-5-8-21(32-14-17)24(34)31-10-9-22-30-11-12-35-22/h5-8,11-16H,1-4,9-10H2,(H,31,34). The molecular formula is C25H23F4N3O2S. The van der Waals surface area contributed by atoms with E-state index in [1.165, 1.54) is 11.3 Å². The van der Waals surface area contributed by atoms with Gasteiger partial charge < -0.3 is 5.32 Å². The lowest BCUT2D eigenvalue weighted by Gasteiger charge is -2.28. The van der Waals surface area contributed by atoms with Crippen LogP contribution in [0, 0.1) is 11.7 Å². The first-order chi connectivity index (χ1) is 16.7. The SMILES string of the molecule is O=C(NCCc1nccs1)c1ccc(C2CCC(C(=O)c3cc(F)ccc3C(F)(F)F)CC2)cn1. The number of hydrogen-bond donors (Lipinski definition) is 1. The van der Waals surface area contributed by atoms with Gasteiger partial charge in [-0.05, 0) is 61.4 Å². The maximum atomic E-state index is 13.6. The number of ketones is 1. The number of Topliss-reactive ketones (excluding diaryl/α,β-unsaturated/α-hetero) is 1. The van der Waals surface area contributed by atoms with Crippen molar-refractivity contribution >= 4 is 23.0 Å². The first-order valence-corrected chi connectivity index (χ1v) is 12.1. The van der Waals surface area contributed by atoms with Crippen LogP contribution < -0.4 is 5.32 Å². The van der Waals surface area contributed by atoms with Crippen LogP contribution in [-0.4, -0.2) is 28.2 Å². The van der Waals surface area contributed by atoms with Crippen molar-refractivity contribution in [1.82, 2.24) is 15.3 Å². The highest BCUT2D eigenvalue weighted by atomic mass is 32.1. The predicted octanol–water partition coefficient (Wildman–Crippen LogP) is 5.83. The fourth-order valence-corrected chi connectivity index (χ4v) is 5.03. The van der Waals surface area contributed by atoms with Gasteiger partial charge in [-0.1, -0.05) is 6.07 Å². The van der Waals surface area contributed by atoms with Crippen LogP contribution in [0.25, 0.3) is 0 Å². The van der Waals surface area contributed by atoms with Crippen molar-refractivity contribution in [3.63, 3.8) is 0 Å². The van der Waals surface area contributed by atoms with Crippen LogP contribution in [0.4, 0.5) is 17.6 Å². The minimum Gasteiger partial charge on any atom is -0.350 e. The maximum absolute atomic E-state index is 13.6. The van der Waals surface area contributed by atoms with Crippen LogP contribution in [0.3, 0.4) is 0 Å². The van der Waals surface area contributed by atoms with Crippen LogP contribution in [0.5, 0.6) is 0 Å². The third-order valence-electron chi connectivity index (χ3n) is 6.25. The summed E-state index contributed by atoms with van der Waals surface area (Å²) < 4.78 is 53.5. The number of nitrogens with zero attached hydrogens (tertiary/aromatic N) is 2. The normalized spacial score (nSPS) is 18.3. The summed E-state index contributed by atoms with van der Waals surface area (Å²) in [6.07, 6.45) is 1.25. The number of rotatable bonds is 7. The molecule has 4 rings (SSSR count). The van der Waals surface area contributed by atoms with Gasteiger partial charge in [-0.25, -0.2) is 9.37 Å². The number of carbonyl (C=O) groups is 2. The van der Waals surface area contributed by atoms with Gasteiger partial charge in [0.25, 0.3) is 5.91 Å². The van der Waals surface area contributed by atoms with E-state index in [1.807, 2.05) is 11.4 Å². The Morgan fingerprint density at radius 3 is 2.46 bits per heavy atom. The number of nitrogens with one attached hydrogen (secondary N) is 1. The van der Waals surface area contributed by atoms with Crippen LogP contribution in [0.2, 0.25) is 0 Å². The zero-order chi connectivity index (χ0) is 25.0. The van der Waals surface area contributed by atoms with E-state index in [1.54, 1.807) is 18.5 Å². The molecule has 2 heterocycles. The van der Waals surface area contributed by atoms with E-state index in [0.717, 1.165) is 10.6 Å². The zero-order valence-corrected chi connectivity index (χ0v) is 19.5. The van der Waals surface area contributed by atoms with Gasteiger partial charge in [0.1, 0.15) is 11.5 Å². The van der Waals surface area contributed by atoms with E-state index in [4.69, 9.17) is 0 Å². The summed E-state index contributed by atoms with van der Waals surface area (Å²) in [5, 5.41) is 5.63. The van der Waals surface area contributed by atoms with Crippen LogP contribution in [0.1, 0.15) is 68.6 Å². The zero-order valence-electron chi connectivity index (χ0n) is 18.6. The van der Waals surface area contributed by atoms with Gasteiger partial charge in [0.15, 0.2) is 5.78 Å². The number of alkyl halides is 3. The topological polar surface area (TPSA) is 72.0 Å². The Morgan fingerprint density at radius 1 is 1.06 bits per heavy atom. The molecule has 3 aromatic rings. The van der Waals surface area contributed by atoms with Gasteiger partial charge in [-0.3, -0.25) is 14.6 Å². The van der Waals surface area contributed by atoms with Crippen molar-refractivity contribution < 1.29 is 27.2 Å². The summed E-state index contributed by atoms with van der Waals surface area (Å²) in [5.74, 6) is -2.32. The van der Waals surface area contributed by atoms with Gasteiger partial charge in [0.2, 0.25) is 0 Å². The Morgan fingerprint density at radius 2 is 1.83 bits per heavy atom. The van der Waals surface area contributed by atoms with E-state index >= 15 is 0 Å². The molecule has 0 spiro atoms. The van der Waals surface area contributed by atoms with Crippen molar-refractivity contribution in [2.45, 2.75) is 44.2 Å². The predicted molar refractivity (Wildman–Crippen MR) is 123 cm³/mol. The fraction of sp³-hybridized carbons (Fsp3) is 0.360. The highest BCUT2D eigenvalue weighted by molar-refractivity contribution is 7.09. The summed E-state index contributed by atoms with van der Waals surface area (Å²) in [7, 11) is 0. The molecule has 0 unspecified atom stereocenters. The molecule has 1 fully saturated rings. The molecule has 1 aliphatic carbocycles. The van der Waals surface area contributed by atoms with Gasteiger partial charge in [-0.15, -0.1) is 11.3 Å². The quantitative estimate of drug-likeness (QED) is 0.324. The molecular weight excluding hydrogens is 482 g/mol. The molecule has 0 radical (unpaired) electrons. The summed E-state index contributed by atoms with van der Waals surface area (Å²) in [4.78, 5) is 33.5. The molecule has 35 heavy (non-hydrogen) atoms. The third kappa shape index (κ3) is 6.11. The van der Waals surface area contributed by atoms with Crippen molar-refractivity contribution in [3.05, 3.63) is 81.3 Å². The van der Waals surface area contributed by atoms with E-state index < -0.39 is 34.8 Å². The van der Waals surface area contributed by atoms with Crippen molar-refractivity contribution in [2.24, 2.45) is 5.92 Å². The molecule has 1 aromatic carbocycles. The summed E-state index contributed by atoms with van der Waals surface area (Å²) in [6.45, 7) is 0.454. The molecule has 10 heteroatoms. The molecule has 1 saturated carbocycles. The summed E-state index contributed by atoms with van der Waals surface area (Å²) in [5.41, 5.74) is -0.497. The third-order valence-corrected chi connectivity index (χ3v) is 7.09. The number of amides is 1. The monoisotopic (exact) mass is 505 g/mol. The largest absolute Gasteiger partial charge is 0.417 e. The Bertz CT molecular complexity index is 1170. The second-order valence-corrected chi connectivity index (χ2v) is 9.49. The lowest BCUT2D eigenvalue weighted by atomic mass is 9.76. The maximum Gasteiger partial charge on any atom is 0.417 e. The Labute approximate surface area is 203 Å². The second kappa shape index (κ2) is 10.6. The fourth-order valence-electron chi connectivity index (χ4n) is 4.41. The smallest absolute Gasteiger partial charge is 0.350 e. The van der Waals surface area contributed by atoms with Gasteiger partial charge >= 0.3 is 6.18 Å². The molecule has 1 aliphatic rings. The first-order valence-electron chi connectivity index (χ1n) is 11.3. The number of pyridine rings is 1. The van der Waals surface area contributed by atoms with Crippen LogP contribution in [0.15, 0.2) is 48.1 Å². The van der Waals surface area contributed by atoms with Crippen LogP contribution in [-0.2, 0) is 12.6 Å². The summed E-state index contributed by atoms with van der Waals surface area (Å²) >= 11 is 1.53. The van der Waals surface area contributed by atoms with E-state index in [0.29, 0.717) is 62.5 Å². The number of thiazole rings is 1. The minimum atomic E-state index is -4.73. The van der Waals surface area contributed by atoms with Crippen molar-refractivity contribution in [1.29, 1.82) is 0 Å². The summed E-state index contributed by atoms with van der Waals surface area (Å²) in [6, 6.07) is 5.49. The molecule has 184 valence electrons. The highest BCUT2D eigenvalue weighted by Crippen LogP contribution is 2.39. The van der Waals surface area contributed by atoms with Gasteiger partial charge in [-0.2, -0.15) is 13.2 Å².